The first kappa shape index (κ1) is 9.39. The van der Waals surface area contributed by atoms with Gasteiger partial charge in [0.1, 0.15) is 24.7 Å². The van der Waals surface area contributed by atoms with Crippen LogP contribution in [0.25, 0.3) is 0 Å². The van der Waals surface area contributed by atoms with Gasteiger partial charge in [0.2, 0.25) is 0 Å². The molecule has 0 radical (unpaired) electrons. The zero-order chi connectivity index (χ0) is 11.1. The highest BCUT2D eigenvalue weighted by Crippen LogP contribution is 2.33. The molecule has 0 saturated heterocycles. The summed E-state index contributed by atoms with van der Waals surface area (Å²) in [5.41, 5.74) is 1.71. The molecule has 4 heteroatoms. The summed E-state index contributed by atoms with van der Waals surface area (Å²) in [6.45, 7) is 0.259. The molecule has 0 aromatic heterocycles. The number of ketones is 2. The summed E-state index contributed by atoms with van der Waals surface area (Å²) in [6, 6.07) is 3.63. The lowest BCUT2D eigenvalue weighted by Crippen LogP contribution is -2.23. The fourth-order valence-electron chi connectivity index (χ4n) is 2.05. The predicted molar refractivity (Wildman–Crippen MR) is 54.9 cm³/mol. The van der Waals surface area contributed by atoms with Crippen molar-refractivity contribution < 1.29 is 19.1 Å². The molecule has 4 nitrogen and oxygen atoms in total. The van der Waals surface area contributed by atoms with E-state index in [0.717, 1.165) is 11.1 Å². The Labute approximate surface area is 92.2 Å². The van der Waals surface area contributed by atoms with E-state index in [1.165, 1.54) is 0 Å². The molecule has 0 amide bonds. The highest BCUT2D eigenvalue weighted by Gasteiger charge is 2.23. The predicted octanol–water partition coefficient (Wildman–Crippen LogP) is 0.695. The van der Waals surface area contributed by atoms with E-state index < -0.39 is 0 Å². The molecule has 2 aliphatic heterocycles. The van der Waals surface area contributed by atoms with Crippen LogP contribution < -0.4 is 9.47 Å². The minimum absolute atomic E-state index is 0.0653. The first-order valence-electron chi connectivity index (χ1n) is 5.17. The van der Waals surface area contributed by atoms with E-state index >= 15 is 0 Å². The van der Waals surface area contributed by atoms with Crippen molar-refractivity contribution in [3.63, 3.8) is 0 Å². The maximum Gasteiger partial charge on any atom is 0.174 e. The Morgan fingerprint density at radius 2 is 1.31 bits per heavy atom. The summed E-state index contributed by atoms with van der Waals surface area (Å²) in [7, 11) is 0. The fourth-order valence-corrected chi connectivity index (χ4v) is 2.05. The largest absolute Gasteiger partial charge is 0.485 e. The molecular weight excluding hydrogens is 208 g/mol. The Morgan fingerprint density at radius 1 is 0.812 bits per heavy atom. The number of Topliss-reactive ketones (excluding diaryl/α,β-unsaturated/α-hetero) is 2. The first-order valence-corrected chi connectivity index (χ1v) is 5.17. The topological polar surface area (TPSA) is 52.6 Å². The van der Waals surface area contributed by atoms with Gasteiger partial charge < -0.3 is 9.47 Å². The van der Waals surface area contributed by atoms with Crippen LogP contribution in [0.15, 0.2) is 12.1 Å². The SMILES string of the molecule is O=C1COc2cc3c(cc2C1)CC(=O)CO3. The number of hydrogen-bond donors (Lipinski definition) is 0. The monoisotopic (exact) mass is 218 g/mol. The molecule has 0 N–H and O–H groups in total. The van der Waals surface area contributed by atoms with Gasteiger partial charge in [0.25, 0.3) is 0 Å². The third kappa shape index (κ3) is 1.46. The van der Waals surface area contributed by atoms with Gasteiger partial charge in [-0.05, 0) is 6.07 Å². The molecule has 0 aliphatic carbocycles. The van der Waals surface area contributed by atoms with E-state index in [-0.39, 0.29) is 24.8 Å². The van der Waals surface area contributed by atoms with Crippen molar-refractivity contribution >= 4 is 11.6 Å². The molecule has 3 rings (SSSR count). The Morgan fingerprint density at radius 3 is 1.81 bits per heavy atom. The third-order valence-electron chi connectivity index (χ3n) is 2.80. The van der Waals surface area contributed by atoms with Gasteiger partial charge in [0.05, 0.1) is 0 Å². The van der Waals surface area contributed by atoms with Crippen molar-refractivity contribution in [1.82, 2.24) is 0 Å². The zero-order valence-corrected chi connectivity index (χ0v) is 8.62. The van der Waals surface area contributed by atoms with Crippen LogP contribution in [0.3, 0.4) is 0 Å². The number of benzene rings is 1. The molecule has 1 aromatic rings. The van der Waals surface area contributed by atoms with Gasteiger partial charge in [-0.1, -0.05) is 0 Å². The number of carbonyl (C=O) groups excluding carboxylic acids is 2. The second-order valence-electron chi connectivity index (χ2n) is 4.08. The molecule has 2 heterocycles. The van der Waals surface area contributed by atoms with Crippen LogP contribution in [-0.4, -0.2) is 24.8 Å². The summed E-state index contributed by atoms with van der Waals surface area (Å²) < 4.78 is 10.6. The first-order chi connectivity index (χ1) is 7.72. The Hall–Kier alpha value is -1.84. The highest BCUT2D eigenvalue weighted by molar-refractivity contribution is 5.87. The van der Waals surface area contributed by atoms with Crippen molar-refractivity contribution in [3.8, 4) is 11.5 Å². The Bertz CT molecular complexity index is 449. The van der Waals surface area contributed by atoms with Crippen LogP contribution in [0.4, 0.5) is 0 Å². The maximum absolute atomic E-state index is 11.2. The van der Waals surface area contributed by atoms with Crippen LogP contribution in [0.2, 0.25) is 0 Å². The van der Waals surface area contributed by atoms with E-state index in [4.69, 9.17) is 9.47 Å². The normalized spacial score (nSPS) is 18.2. The molecule has 0 fully saturated rings. The second-order valence-corrected chi connectivity index (χ2v) is 4.08. The molecular formula is C12H10O4. The average molecular weight is 218 g/mol. The molecule has 0 atom stereocenters. The molecule has 2 aliphatic rings. The van der Waals surface area contributed by atoms with Crippen LogP contribution in [0.5, 0.6) is 11.5 Å². The van der Waals surface area contributed by atoms with Gasteiger partial charge in [0, 0.05) is 30.0 Å². The van der Waals surface area contributed by atoms with Crippen molar-refractivity contribution in [2.45, 2.75) is 12.8 Å². The van der Waals surface area contributed by atoms with Gasteiger partial charge >= 0.3 is 0 Å². The number of hydrogen-bond acceptors (Lipinski definition) is 4. The average Bonchev–Trinajstić information content (AvgIpc) is 2.26. The minimum Gasteiger partial charge on any atom is -0.485 e. The summed E-state index contributed by atoms with van der Waals surface area (Å²) >= 11 is 0. The molecule has 0 saturated carbocycles. The van der Waals surface area contributed by atoms with Gasteiger partial charge in [-0.3, -0.25) is 9.59 Å². The zero-order valence-electron chi connectivity index (χ0n) is 8.62. The second kappa shape index (κ2) is 3.33. The van der Waals surface area contributed by atoms with Gasteiger partial charge in [0.15, 0.2) is 11.6 Å². The lowest BCUT2D eigenvalue weighted by Gasteiger charge is -2.22. The molecule has 16 heavy (non-hydrogen) atoms. The minimum atomic E-state index is 0.0653. The summed E-state index contributed by atoms with van der Waals surface area (Å²) in [5.74, 6) is 1.53. The third-order valence-corrected chi connectivity index (χ3v) is 2.80. The quantitative estimate of drug-likeness (QED) is 0.643. The standard InChI is InChI=1S/C12H10O4/c13-9-2-7-1-8-3-10(14)6-16-12(8)4-11(7)15-5-9/h1,4H,2-3,5-6H2. The van der Waals surface area contributed by atoms with E-state index in [0.29, 0.717) is 24.3 Å². The van der Waals surface area contributed by atoms with Crippen LogP contribution in [-0.2, 0) is 22.4 Å². The van der Waals surface area contributed by atoms with E-state index in [1.54, 1.807) is 6.07 Å². The summed E-state index contributed by atoms with van der Waals surface area (Å²) in [4.78, 5) is 22.5. The van der Waals surface area contributed by atoms with Crippen LogP contribution in [0.1, 0.15) is 11.1 Å². The molecule has 0 bridgehead atoms. The molecule has 82 valence electrons. The summed E-state index contributed by atoms with van der Waals surface area (Å²) in [6.07, 6.45) is 0.771. The number of carbonyl (C=O) groups is 2. The lowest BCUT2D eigenvalue weighted by atomic mass is 9.98. The lowest BCUT2D eigenvalue weighted by molar-refractivity contribution is -0.121. The van der Waals surface area contributed by atoms with Crippen molar-refractivity contribution in [3.05, 3.63) is 23.3 Å². The van der Waals surface area contributed by atoms with E-state index in [1.807, 2.05) is 6.07 Å². The smallest absolute Gasteiger partial charge is 0.174 e. The van der Waals surface area contributed by atoms with E-state index in [2.05, 4.69) is 0 Å². The van der Waals surface area contributed by atoms with Crippen molar-refractivity contribution in [1.29, 1.82) is 0 Å². The number of fused-ring (bicyclic) bond motifs is 2. The van der Waals surface area contributed by atoms with Gasteiger partial charge in [-0.15, -0.1) is 0 Å². The van der Waals surface area contributed by atoms with Crippen molar-refractivity contribution in [2.24, 2.45) is 0 Å². The van der Waals surface area contributed by atoms with Crippen LogP contribution in [0, 0.1) is 0 Å². The number of rotatable bonds is 0. The summed E-state index contributed by atoms with van der Waals surface area (Å²) in [5, 5.41) is 0. The highest BCUT2D eigenvalue weighted by atomic mass is 16.5. The Kier molecular flexibility index (Phi) is 1.96. The van der Waals surface area contributed by atoms with Gasteiger partial charge in [-0.2, -0.15) is 0 Å². The van der Waals surface area contributed by atoms with Gasteiger partial charge in [-0.25, -0.2) is 0 Å². The fraction of sp³-hybridized carbons (Fsp3) is 0.333. The van der Waals surface area contributed by atoms with E-state index in [9.17, 15) is 9.59 Å². The molecule has 0 unspecified atom stereocenters. The molecule has 0 spiro atoms. The van der Waals surface area contributed by atoms with Crippen molar-refractivity contribution in [2.75, 3.05) is 13.2 Å². The molecule has 1 aromatic carbocycles. The van der Waals surface area contributed by atoms with Crippen LogP contribution >= 0.6 is 0 Å². The number of ether oxygens (including phenoxy) is 2. The maximum atomic E-state index is 11.2. The Balaban J connectivity index is 2.05.